The minimum atomic E-state index is 0.494. The number of ether oxygens (including phenoxy) is 1. The summed E-state index contributed by atoms with van der Waals surface area (Å²) in [7, 11) is 0. The summed E-state index contributed by atoms with van der Waals surface area (Å²) in [5.74, 6) is 0.835. The highest BCUT2D eigenvalue weighted by Gasteiger charge is 2.32. The molecule has 0 aromatic rings. The molecule has 0 radical (unpaired) electrons. The van der Waals surface area contributed by atoms with Gasteiger partial charge in [-0.25, -0.2) is 0 Å². The lowest BCUT2D eigenvalue weighted by Gasteiger charge is -2.38. The Kier molecular flexibility index (Phi) is 3.83. The molecule has 0 saturated heterocycles. The van der Waals surface area contributed by atoms with Gasteiger partial charge < -0.3 is 4.74 Å². The van der Waals surface area contributed by atoms with Gasteiger partial charge in [0.25, 0.3) is 0 Å². The Morgan fingerprint density at radius 2 is 2.08 bits per heavy atom. The number of hydrogen-bond donors (Lipinski definition) is 0. The van der Waals surface area contributed by atoms with Gasteiger partial charge in [-0.1, -0.05) is 43.4 Å². The molecule has 1 aliphatic carbocycles. The molecule has 1 aliphatic rings. The first-order valence-electron chi connectivity index (χ1n) is 4.71. The van der Waals surface area contributed by atoms with Crippen molar-refractivity contribution in [2.24, 2.45) is 11.3 Å². The molecule has 1 saturated carbocycles. The second-order valence-corrected chi connectivity index (χ2v) is 5.43. The number of alkyl halides is 1. The molecule has 0 aliphatic heterocycles. The van der Waals surface area contributed by atoms with Crippen molar-refractivity contribution < 1.29 is 4.74 Å². The Hall–Kier alpha value is 0.690. The lowest BCUT2D eigenvalue weighted by molar-refractivity contribution is 0.00170. The molecule has 0 aromatic carbocycles. The highest BCUT2D eigenvalue weighted by atomic mass is 127. The van der Waals surface area contributed by atoms with Crippen LogP contribution in [0.2, 0.25) is 0 Å². The molecule has 0 heterocycles. The molecule has 1 rings (SSSR count). The van der Waals surface area contributed by atoms with E-state index in [9.17, 15) is 0 Å². The van der Waals surface area contributed by atoms with Gasteiger partial charge in [-0.15, -0.1) is 0 Å². The molecule has 0 bridgehead atoms. The molecule has 1 nitrogen and oxygen atoms in total. The van der Waals surface area contributed by atoms with Gasteiger partial charge in [0.05, 0.1) is 10.7 Å². The van der Waals surface area contributed by atoms with Crippen molar-refractivity contribution in [3.8, 4) is 0 Å². The van der Waals surface area contributed by atoms with E-state index >= 15 is 0 Å². The highest BCUT2D eigenvalue weighted by Crippen LogP contribution is 2.39. The second kappa shape index (κ2) is 4.27. The lowest BCUT2D eigenvalue weighted by Crippen LogP contribution is -2.32. The van der Waals surface area contributed by atoms with Crippen molar-refractivity contribution in [3.63, 3.8) is 0 Å². The molecular weight excluding hydrogens is 263 g/mol. The molecule has 0 N–H and O–H groups in total. The van der Waals surface area contributed by atoms with Gasteiger partial charge in [0.15, 0.2) is 0 Å². The zero-order valence-corrected chi connectivity index (χ0v) is 10.4. The van der Waals surface area contributed by atoms with Gasteiger partial charge in [0, 0.05) is 0 Å². The normalized spacial score (nSPS) is 35.0. The largest absolute Gasteiger partial charge is 0.368 e. The summed E-state index contributed by atoms with van der Waals surface area (Å²) in [5, 5.41) is 0. The number of hydrogen-bond acceptors (Lipinski definition) is 1. The van der Waals surface area contributed by atoms with Crippen LogP contribution in [0.1, 0.15) is 40.0 Å². The van der Waals surface area contributed by atoms with E-state index in [1.165, 1.54) is 19.3 Å². The Balaban J connectivity index is 2.46. The predicted molar refractivity (Wildman–Crippen MR) is 60.6 cm³/mol. The number of halogens is 1. The molecule has 2 atom stereocenters. The van der Waals surface area contributed by atoms with E-state index in [4.69, 9.17) is 4.74 Å². The van der Waals surface area contributed by atoms with Crippen LogP contribution in [0.25, 0.3) is 0 Å². The smallest absolute Gasteiger partial charge is 0.0983 e. The monoisotopic (exact) mass is 282 g/mol. The Bertz CT molecular complexity index is 145. The third kappa shape index (κ3) is 3.21. The summed E-state index contributed by atoms with van der Waals surface area (Å²) in [5.41, 5.74) is 0.494. The average molecular weight is 282 g/mol. The Labute approximate surface area is 89.4 Å². The van der Waals surface area contributed by atoms with Crippen LogP contribution in [0.5, 0.6) is 0 Å². The Morgan fingerprint density at radius 1 is 1.42 bits per heavy atom. The van der Waals surface area contributed by atoms with Crippen molar-refractivity contribution in [2.75, 3.05) is 4.61 Å². The van der Waals surface area contributed by atoms with Gasteiger partial charge in [0.2, 0.25) is 0 Å². The van der Waals surface area contributed by atoms with E-state index in [-0.39, 0.29) is 0 Å². The van der Waals surface area contributed by atoms with Crippen molar-refractivity contribution in [1.82, 2.24) is 0 Å². The highest BCUT2D eigenvalue weighted by molar-refractivity contribution is 14.1. The maximum atomic E-state index is 5.68. The van der Waals surface area contributed by atoms with Crippen LogP contribution in [0.3, 0.4) is 0 Å². The fourth-order valence-corrected chi connectivity index (χ4v) is 2.98. The van der Waals surface area contributed by atoms with Crippen molar-refractivity contribution in [1.29, 1.82) is 0 Å². The van der Waals surface area contributed by atoms with Crippen molar-refractivity contribution in [3.05, 3.63) is 0 Å². The fourth-order valence-electron chi connectivity index (χ4n) is 2.47. The van der Waals surface area contributed by atoms with E-state index in [0.29, 0.717) is 11.5 Å². The standard InChI is InChI=1S/C10H19IO/c1-8-4-9(12-7-11)6-10(2,3)5-8/h8-9H,4-7H2,1-3H3. The molecule has 12 heavy (non-hydrogen) atoms. The summed E-state index contributed by atoms with van der Waals surface area (Å²) in [6.07, 6.45) is 4.36. The molecule has 1 fully saturated rings. The molecule has 72 valence electrons. The molecule has 2 unspecified atom stereocenters. The SMILES string of the molecule is CC1CC(OCI)CC(C)(C)C1. The molecule has 0 aromatic heterocycles. The van der Waals surface area contributed by atoms with E-state index in [1.54, 1.807) is 0 Å². The second-order valence-electron chi connectivity index (χ2n) is 4.81. The van der Waals surface area contributed by atoms with Crippen LogP contribution in [-0.2, 0) is 4.74 Å². The molecule has 2 heteroatoms. The number of rotatable bonds is 2. The van der Waals surface area contributed by atoms with E-state index in [1.807, 2.05) is 0 Å². The van der Waals surface area contributed by atoms with Gasteiger partial charge in [-0.3, -0.25) is 0 Å². The zero-order chi connectivity index (χ0) is 9.19. The first-order valence-corrected chi connectivity index (χ1v) is 6.23. The van der Waals surface area contributed by atoms with Gasteiger partial charge in [-0.05, 0) is 30.6 Å². The molecular formula is C10H19IO. The minimum Gasteiger partial charge on any atom is -0.368 e. The lowest BCUT2D eigenvalue weighted by atomic mass is 9.71. The quantitative estimate of drug-likeness (QED) is 0.555. The molecule has 0 spiro atoms. The third-order valence-corrected chi connectivity index (χ3v) is 3.00. The topological polar surface area (TPSA) is 9.23 Å². The van der Waals surface area contributed by atoms with E-state index < -0.39 is 0 Å². The van der Waals surface area contributed by atoms with Crippen LogP contribution in [-0.4, -0.2) is 10.7 Å². The van der Waals surface area contributed by atoms with Crippen LogP contribution in [0.4, 0.5) is 0 Å². The van der Waals surface area contributed by atoms with Crippen molar-refractivity contribution in [2.45, 2.75) is 46.1 Å². The van der Waals surface area contributed by atoms with Crippen molar-refractivity contribution >= 4 is 22.6 Å². The van der Waals surface area contributed by atoms with Gasteiger partial charge >= 0.3 is 0 Å². The zero-order valence-electron chi connectivity index (χ0n) is 8.27. The van der Waals surface area contributed by atoms with E-state index in [0.717, 1.165) is 10.5 Å². The van der Waals surface area contributed by atoms with Crippen LogP contribution in [0.15, 0.2) is 0 Å². The summed E-state index contributed by atoms with van der Waals surface area (Å²) < 4.78 is 6.51. The van der Waals surface area contributed by atoms with E-state index in [2.05, 4.69) is 43.4 Å². The third-order valence-electron chi connectivity index (χ3n) is 2.65. The molecule has 0 amide bonds. The summed E-state index contributed by atoms with van der Waals surface area (Å²) in [4.78, 5) is 0. The average Bonchev–Trinajstić information content (AvgIpc) is 1.82. The summed E-state index contributed by atoms with van der Waals surface area (Å²) in [6.45, 7) is 7.04. The first-order chi connectivity index (χ1) is 5.53. The maximum Gasteiger partial charge on any atom is 0.0983 e. The summed E-state index contributed by atoms with van der Waals surface area (Å²) >= 11 is 2.29. The Morgan fingerprint density at radius 3 is 2.58 bits per heavy atom. The van der Waals surface area contributed by atoms with Gasteiger partial charge in [-0.2, -0.15) is 0 Å². The predicted octanol–water partition coefficient (Wildman–Crippen LogP) is 3.61. The first kappa shape index (κ1) is 10.8. The van der Waals surface area contributed by atoms with Crippen LogP contribution in [0, 0.1) is 11.3 Å². The minimum absolute atomic E-state index is 0.494. The van der Waals surface area contributed by atoms with Crippen LogP contribution >= 0.6 is 22.6 Å². The summed E-state index contributed by atoms with van der Waals surface area (Å²) in [6, 6.07) is 0. The maximum absolute atomic E-state index is 5.68. The van der Waals surface area contributed by atoms with Crippen LogP contribution < -0.4 is 0 Å². The fraction of sp³-hybridized carbons (Fsp3) is 1.00. The van der Waals surface area contributed by atoms with Gasteiger partial charge in [0.1, 0.15) is 0 Å².